The molecule has 10 heteroatoms. The van der Waals surface area contributed by atoms with Gasteiger partial charge in [-0.2, -0.15) is 22.7 Å². The fraction of sp³-hybridized carbons (Fsp3) is 0.179. The lowest BCUT2D eigenvalue weighted by atomic mass is 9.73. The van der Waals surface area contributed by atoms with Crippen LogP contribution in [0.3, 0.4) is 0 Å². The summed E-state index contributed by atoms with van der Waals surface area (Å²) in [6.07, 6.45) is 1.09. The summed E-state index contributed by atoms with van der Waals surface area (Å²) in [4.78, 5) is 15.1. The van der Waals surface area contributed by atoms with Crippen molar-refractivity contribution in [1.82, 2.24) is 15.2 Å². The second-order valence-corrected chi connectivity index (χ2v) is 9.46. The van der Waals surface area contributed by atoms with Crippen LogP contribution in [0.25, 0.3) is 28.1 Å². The van der Waals surface area contributed by atoms with Crippen LogP contribution in [0.1, 0.15) is 47.2 Å². The lowest BCUT2D eigenvalue weighted by molar-refractivity contribution is -0.138. The van der Waals surface area contributed by atoms with E-state index in [-0.39, 0.29) is 22.0 Å². The smallest absolute Gasteiger partial charge is 0.418 e. The Morgan fingerprint density at radius 2 is 1.79 bits per heavy atom. The van der Waals surface area contributed by atoms with E-state index in [9.17, 15) is 22.4 Å². The van der Waals surface area contributed by atoms with Gasteiger partial charge in [-0.3, -0.25) is 10.1 Å². The van der Waals surface area contributed by atoms with Gasteiger partial charge < -0.3 is 5.11 Å². The molecule has 5 rings (SSSR count). The monoisotopic (exact) mass is 541 g/mol. The van der Waals surface area contributed by atoms with Crippen molar-refractivity contribution in [2.75, 3.05) is 0 Å². The summed E-state index contributed by atoms with van der Waals surface area (Å²) in [5, 5.41) is 15.2. The van der Waals surface area contributed by atoms with E-state index < -0.39 is 23.7 Å². The molecule has 1 fully saturated rings. The van der Waals surface area contributed by atoms with Gasteiger partial charge in [0.05, 0.1) is 27.2 Å². The number of carbonyl (C=O) groups is 1. The Morgan fingerprint density at radius 1 is 1.08 bits per heavy atom. The fourth-order valence-electron chi connectivity index (χ4n) is 4.62. The molecule has 0 bridgehead atoms. The minimum absolute atomic E-state index is 0.132. The maximum Gasteiger partial charge on any atom is 0.418 e. The van der Waals surface area contributed by atoms with Crippen molar-refractivity contribution in [1.29, 1.82) is 0 Å². The molecular formula is C28H20ClF4N3O2. The van der Waals surface area contributed by atoms with E-state index in [1.165, 1.54) is 12.3 Å². The van der Waals surface area contributed by atoms with Crippen LogP contribution in [0.15, 0.2) is 60.8 Å². The summed E-state index contributed by atoms with van der Waals surface area (Å²) in [5.41, 5.74) is 1.77. The Kier molecular flexibility index (Phi) is 6.79. The summed E-state index contributed by atoms with van der Waals surface area (Å²) >= 11 is 5.93. The normalized spacial score (nSPS) is 15.1. The molecule has 5 nitrogen and oxygen atoms in total. The van der Waals surface area contributed by atoms with Crippen LogP contribution in [0, 0.1) is 11.9 Å². The van der Waals surface area contributed by atoms with E-state index in [4.69, 9.17) is 16.7 Å². The molecular weight excluding hydrogens is 522 g/mol. The number of carboxylic acid groups (broad SMARTS) is 1. The highest BCUT2D eigenvalue weighted by Gasteiger charge is 2.39. The zero-order valence-corrected chi connectivity index (χ0v) is 20.4. The Labute approximate surface area is 219 Å². The van der Waals surface area contributed by atoms with E-state index in [0.29, 0.717) is 46.2 Å². The maximum atomic E-state index is 14.5. The fourth-order valence-corrected chi connectivity index (χ4v) is 4.78. The van der Waals surface area contributed by atoms with E-state index in [2.05, 4.69) is 15.2 Å². The first-order valence-corrected chi connectivity index (χ1v) is 12.1. The molecule has 1 aliphatic carbocycles. The van der Waals surface area contributed by atoms with Gasteiger partial charge in [-0.15, -0.1) is 0 Å². The molecule has 1 saturated carbocycles. The molecule has 194 valence electrons. The van der Waals surface area contributed by atoms with Gasteiger partial charge in [-0.05, 0) is 70.9 Å². The number of aliphatic carboxylic acids is 1. The Balaban J connectivity index is 1.81. The number of alkyl halides is 3. The Morgan fingerprint density at radius 3 is 2.42 bits per heavy atom. The van der Waals surface area contributed by atoms with Gasteiger partial charge in [0.25, 0.3) is 0 Å². The van der Waals surface area contributed by atoms with E-state index in [1.54, 1.807) is 42.5 Å². The number of pyridine rings is 1. The van der Waals surface area contributed by atoms with Crippen molar-refractivity contribution in [3.05, 3.63) is 99.7 Å². The first-order chi connectivity index (χ1) is 18.1. The van der Waals surface area contributed by atoms with Gasteiger partial charge >= 0.3 is 12.1 Å². The van der Waals surface area contributed by atoms with Crippen molar-refractivity contribution < 1.29 is 27.5 Å². The largest absolute Gasteiger partial charge is 0.478 e. The first kappa shape index (κ1) is 25.7. The van der Waals surface area contributed by atoms with E-state index >= 15 is 0 Å². The van der Waals surface area contributed by atoms with Crippen LogP contribution in [0.4, 0.5) is 17.6 Å². The number of allylic oxidation sites excluding steroid dienone is 1. The standard InChI is InChI=1S/C28H20ClF4N3O2/c29-19-13-21(28(31,32)33)26(34-14-19)25(16-2-1-3-16)24(17-7-4-15(5-8-17)6-11-23(37)38)18-9-10-22-20(12-18)27(30)36-35-22/h4-14,16H,1-3H2,(H,35,36)(H,37,38)/b11-6+,25-24?. The molecule has 2 aromatic carbocycles. The van der Waals surface area contributed by atoms with Gasteiger partial charge in [0.2, 0.25) is 5.95 Å². The Bertz CT molecular complexity index is 1590. The number of aromatic amines is 1. The highest BCUT2D eigenvalue weighted by atomic mass is 35.5. The van der Waals surface area contributed by atoms with Gasteiger partial charge in [-0.25, -0.2) is 4.79 Å². The molecule has 0 amide bonds. The third-order valence-corrected chi connectivity index (χ3v) is 6.82. The van der Waals surface area contributed by atoms with Crippen LogP contribution < -0.4 is 0 Å². The molecule has 1 aliphatic rings. The third kappa shape index (κ3) is 5.06. The number of halogens is 5. The van der Waals surface area contributed by atoms with E-state index in [1.807, 2.05) is 0 Å². The minimum Gasteiger partial charge on any atom is -0.478 e. The van der Waals surface area contributed by atoms with Crippen LogP contribution in [0.2, 0.25) is 5.02 Å². The highest BCUT2D eigenvalue weighted by Crippen LogP contribution is 2.48. The topological polar surface area (TPSA) is 78.9 Å². The van der Waals surface area contributed by atoms with Crippen LogP contribution in [-0.2, 0) is 11.0 Å². The molecule has 0 spiro atoms. The number of hydrogen-bond donors (Lipinski definition) is 2. The molecule has 0 aliphatic heterocycles. The van der Waals surface area contributed by atoms with Crippen molar-refractivity contribution in [3.8, 4) is 0 Å². The number of hydrogen-bond acceptors (Lipinski definition) is 3. The highest BCUT2D eigenvalue weighted by molar-refractivity contribution is 6.30. The zero-order valence-electron chi connectivity index (χ0n) is 19.7. The van der Waals surface area contributed by atoms with Crippen LogP contribution in [-0.4, -0.2) is 26.3 Å². The first-order valence-electron chi connectivity index (χ1n) is 11.7. The summed E-state index contributed by atoms with van der Waals surface area (Å²) in [5.74, 6) is -1.97. The number of aromatic nitrogens is 3. The van der Waals surface area contributed by atoms with Crippen molar-refractivity contribution in [2.24, 2.45) is 5.92 Å². The molecule has 2 aromatic heterocycles. The minimum atomic E-state index is -4.71. The van der Waals surface area contributed by atoms with Crippen LogP contribution in [0.5, 0.6) is 0 Å². The van der Waals surface area contributed by atoms with Crippen molar-refractivity contribution in [3.63, 3.8) is 0 Å². The lowest BCUT2D eigenvalue weighted by Crippen LogP contribution is -2.19. The maximum absolute atomic E-state index is 14.5. The zero-order chi connectivity index (χ0) is 27.0. The third-order valence-electron chi connectivity index (χ3n) is 6.61. The summed E-state index contributed by atoms with van der Waals surface area (Å²) in [6.45, 7) is 0. The van der Waals surface area contributed by atoms with Gasteiger partial charge in [-0.1, -0.05) is 48.4 Å². The average molecular weight is 542 g/mol. The molecule has 4 aromatic rings. The van der Waals surface area contributed by atoms with Gasteiger partial charge in [0.15, 0.2) is 0 Å². The molecule has 0 radical (unpaired) electrons. The summed E-state index contributed by atoms with van der Waals surface area (Å²) in [6, 6.07) is 12.5. The van der Waals surface area contributed by atoms with E-state index in [0.717, 1.165) is 18.6 Å². The number of H-pyrrole nitrogens is 1. The molecule has 2 N–H and O–H groups in total. The predicted molar refractivity (Wildman–Crippen MR) is 137 cm³/mol. The number of carboxylic acids is 1. The van der Waals surface area contributed by atoms with Gasteiger partial charge in [0, 0.05) is 12.3 Å². The summed E-state index contributed by atoms with van der Waals surface area (Å²) < 4.78 is 57.1. The SMILES string of the molecule is O=C(O)/C=C/c1ccc(C(=C(c2ncc(Cl)cc2C(F)(F)F)C2CCC2)c2ccc3n[nH]c(F)c3c2)cc1. The molecule has 0 atom stereocenters. The second-order valence-electron chi connectivity index (χ2n) is 9.03. The number of rotatable bonds is 6. The van der Waals surface area contributed by atoms with Gasteiger partial charge in [0.1, 0.15) is 0 Å². The number of nitrogens with one attached hydrogen (secondary N) is 1. The van der Waals surface area contributed by atoms with Crippen LogP contribution >= 0.6 is 11.6 Å². The molecule has 2 heterocycles. The molecule has 0 unspecified atom stereocenters. The molecule has 38 heavy (non-hydrogen) atoms. The summed E-state index contributed by atoms with van der Waals surface area (Å²) in [7, 11) is 0. The Hall–Kier alpha value is -3.98. The average Bonchev–Trinajstić information content (AvgIpc) is 3.21. The number of nitrogens with zero attached hydrogens (tertiary/aromatic N) is 2. The van der Waals surface area contributed by atoms with Crippen molar-refractivity contribution in [2.45, 2.75) is 25.4 Å². The molecule has 0 saturated heterocycles. The quantitative estimate of drug-likeness (QED) is 0.194. The number of fused-ring (bicyclic) bond motifs is 1. The predicted octanol–water partition coefficient (Wildman–Crippen LogP) is 7.63. The lowest BCUT2D eigenvalue weighted by Gasteiger charge is -2.32. The number of benzene rings is 2. The van der Waals surface area contributed by atoms with Crippen molar-refractivity contribution >= 4 is 45.7 Å². The second kappa shape index (κ2) is 10.1.